The zero-order chi connectivity index (χ0) is 24.9. The van der Waals surface area contributed by atoms with Crippen LogP contribution in [0.25, 0.3) is 16.9 Å². The van der Waals surface area contributed by atoms with Crippen LogP contribution < -0.4 is 5.32 Å². The number of hydrogen-bond acceptors (Lipinski definition) is 5. The van der Waals surface area contributed by atoms with Crippen LogP contribution >= 0.6 is 0 Å². The van der Waals surface area contributed by atoms with E-state index in [9.17, 15) is 13.2 Å². The molecule has 170 valence electrons. The molecule has 4 aromatic rings. The number of fused-ring (bicyclic) bond motifs is 1. The molecule has 1 N–H and O–H groups in total. The van der Waals surface area contributed by atoms with E-state index in [2.05, 4.69) is 39.8 Å². The Morgan fingerprint density at radius 2 is 1.73 bits per heavy atom. The highest BCUT2D eigenvalue weighted by atomic mass is 19.4. The predicted molar refractivity (Wildman–Crippen MR) is 123 cm³/mol. The second-order valence-electron chi connectivity index (χ2n) is 6.13. The molecule has 0 bridgehead atoms. The van der Waals surface area contributed by atoms with E-state index in [0.29, 0.717) is 0 Å². The summed E-state index contributed by atoms with van der Waals surface area (Å²) in [6.45, 7) is 4.43. The SMILES string of the molecule is C#C.C=C=O.CNc1ccnc2cc(-c3cccnc3)nn12.Cc1ccc(C(F)(F)F)cc1. The Labute approximate surface area is 189 Å². The molecule has 0 unspecified atom stereocenters. The van der Waals surface area contributed by atoms with E-state index in [4.69, 9.17) is 4.79 Å². The molecule has 33 heavy (non-hydrogen) atoms. The van der Waals surface area contributed by atoms with Gasteiger partial charge in [-0.3, -0.25) is 4.98 Å². The smallest absolute Gasteiger partial charge is 0.373 e. The van der Waals surface area contributed by atoms with Gasteiger partial charge in [0.1, 0.15) is 11.8 Å². The zero-order valence-corrected chi connectivity index (χ0v) is 18.0. The van der Waals surface area contributed by atoms with Crippen molar-refractivity contribution in [3.8, 4) is 24.1 Å². The second kappa shape index (κ2) is 13.1. The summed E-state index contributed by atoms with van der Waals surface area (Å²) in [6.07, 6.45) is 9.08. The number of aromatic nitrogens is 4. The number of anilines is 1. The van der Waals surface area contributed by atoms with Gasteiger partial charge in [0.05, 0.1) is 11.3 Å². The Bertz CT molecular complexity index is 1180. The van der Waals surface area contributed by atoms with E-state index in [1.54, 1.807) is 30.0 Å². The third-order valence-corrected chi connectivity index (χ3v) is 3.95. The first-order valence-electron chi connectivity index (χ1n) is 9.34. The van der Waals surface area contributed by atoms with Gasteiger partial charge in [0.25, 0.3) is 0 Å². The highest BCUT2D eigenvalue weighted by Crippen LogP contribution is 2.28. The van der Waals surface area contributed by atoms with Crippen molar-refractivity contribution in [2.75, 3.05) is 12.4 Å². The summed E-state index contributed by atoms with van der Waals surface area (Å²) in [6, 6.07) is 12.8. The molecule has 0 saturated carbocycles. The molecular formula is C24H22F3N5O. The predicted octanol–water partition coefficient (Wildman–Crippen LogP) is 5.10. The van der Waals surface area contributed by atoms with Crippen molar-refractivity contribution >= 4 is 17.4 Å². The molecule has 0 radical (unpaired) electrons. The Kier molecular flexibility index (Phi) is 10.6. The lowest BCUT2D eigenvalue weighted by Crippen LogP contribution is -2.03. The second-order valence-corrected chi connectivity index (χ2v) is 6.13. The highest BCUT2D eigenvalue weighted by Gasteiger charge is 2.29. The molecule has 3 aromatic heterocycles. The number of aryl methyl sites for hydroxylation is 1. The maximum absolute atomic E-state index is 11.9. The minimum absolute atomic E-state index is 0.594. The molecule has 6 nitrogen and oxygen atoms in total. The van der Waals surface area contributed by atoms with Crippen LogP contribution in [0.1, 0.15) is 11.1 Å². The molecule has 0 aliphatic rings. The lowest BCUT2D eigenvalue weighted by atomic mass is 10.1. The van der Waals surface area contributed by atoms with E-state index in [1.807, 2.05) is 31.3 Å². The van der Waals surface area contributed by atoms with Gasteiger partial charge in [0.15, 0.2) is 5.65 Å². The highest BCUT2D eigenvalue weighted by molar-refractivity contribution is 5.64. The number of pyridine rings is 1. The molecule has 0 aliphatic carbocycles. The monoisotopic (exact) mass is 453 g/mol. The lowest BCUT2D eigenvalue weighted by Gasteiger charge is -2.05. The fraction of sp³-hybridized carbons (Fsp3) is 0.125. The number of rotatable bonds is 2. The molecule has 0 fully saturated rings. The number of hydrogen-bond donors (Lipinski definition) is 1. The number of alkyl halides is 3. The van der Waals surface area contributed by atoms with Gasteiger partial charge in [0, 0.05) is 37.3 Å². The molecule has 9 heteroatoms. The fourth-order valence-corrected chi connectivity index (χ4v) is 2.48. The summed E-state index contributed by atoms with van der Waals surface area (Å²) in [4.78, 5) is 16.9. The van der Waals surface area contributed by atoms with Crippen LogP contribution in [0, 0.1) is 19.8 Å². The van der Waals surface area contributed by atoms with Crippen molar-refractivity contribution < 1.29 is 18.0 Å². The summed E-state index contributed by atoms with van der Waals surface area (Å²) < 4.78 is 37.5. The quantitative estimate of drug-likeness (QED) is 0.338. The molecule has 0 atom stereocenters. The molecule has 1 aromatic carbocycles. The number of nitrogens with one attached hydrogen (secondary N) is 1. The van der Waals surface area contributed by atoms with Crippen molar-refractivity contribution in [1.82, 2.24) is 19.6 Å². The number of terminal acetylenes is 1. The van der Waals surface area contributed by atoms with E-state index < -0.39 is 11.7 Å². The average Bonchev–Trinajstić information content (AvgIpc) is 3.26. The summed E-state index contributed by atoms with van der Waals surface area (Å²) in [7, 11) is 1.86. The first-order chi connectivity index (χ1) is 15.8. The number of carbonyl (C=O) groups excluding carboxylic acids is 1. The average molecular weight is 453 g/mol. The van der Waals surface area contributed by atoms with Crippen LogP contribution in [-0.2, 0) is 11.0 Å². The van der Waals surface area contributed by atoms with Gasteiger partial charge in [0.2, 0.25) is 0 Å². The number of benzene rings is 1. The largest absolute Gasteiger partial charge is 0.416 e. The normalized spacial score (nSPS) is 9.67. The molecule has 0 spiro atoms. The van der Waals surface area contributed by atoms with E-state index in [-0.39, 0.29) is 0 Å². The molecule has 0 saturated heterocycles. The van der Waals surface area contributed by atoms with Crippen molar-refractivity contribution in [3.05, 3.63) is 84.8 Å². The van der Waals surface area contributed by atoms with Gasteiger partial charge in [-0.15, -0.1) is 12.8 Å². The molecule has 3 heterocycles. The van der Waals surface area contributed by atoms with Crippen molar-refractivity contribution in [2.45, 2.75) is 13.1 Å². The summed E-state index contributed by atoms with van der Waals surface area (Å²) in [5.41, 5.74) is 2.91. The maximum atomic E-state index is 11.9. The summed E-state index contributed by atoms with van der Waals surface area (Å²) in [5.74, 6) is 2.16. The maximum Gasteiger partial charge on any atom is 0.416 e. The van der Waals surface area contributed by atoms with Crippen LogP contribution in [0.5, 0.6) is 0 Å². The molecule has 0 aliphatic heterocycles. The van der Waals surface area contributed by atoms with Gasteiger partial charge in [-0.2, -0.15) is 22.8 Å². The van der Waals surface area contributed by atoms with Gasteiger partial charge in [-0.1, -0.05) is 17.7 Å². The lowest BCUT2D eigenvalue weighted by molar-refractivity contribution is -0.137. The third-order valence-electron chi connectivity index (χ3n) is 3.95. The minimum Gasteiger partial charge on any atom is -0.373 e. The topological polar surface area (TPSA) is 72.2 Å². The standard InChI is InChI=1S/C12H11N5.C8H7F3.C2H2O.C2H2/c1-13-11-4-6-15-12-7-10(16-17(11)12)9-3-2-5-14-8-9;1-6-2-4-7(5-3-6)8(9,10)11;1-2-3;1-2/h2-8,13H,1H3;2-5H,1H3;1H2;1-2H. The fourth-order valence-electron chi connectivity index (χ4n) is 2.48. The Balaban J connectivity index is 0.000000295. The Hall–Kier alpha value is -4.41. The van der Waals surface area contributed by atoms with Crippen LogP contribution in [0.15, 0.2) is 73.7 Å². The summed E-state index contributed by atoms with van der Waals surface area (Å²) >= 11 is 0. The first kappa shape index (κ1) is 26.6. The van der Waals surface area contributed by atoms with Gasteiger partial charge >= 0.3 is 6.18 Å². The number of halogens is 3. The van der Waals surface area contributed by atoms with Gasteiger partial charge in [-0.25, -0.2) is 9.78 Å². The van der Waals surface area contributed by atoms with Crippen LogP contribution in [0.3, 0.4) is 0 Å². The first-order valence-corrected chi connectivity index (χ1v) is 9.34. The van der Waals surface area contributed by atoms with Crippen molar-refractivity contribution in [2.24, 2.45) is 0 Å². The van der Waals surface area contributed by atoms with E-state index in [0.717, 1.165) is 40.4 Å². The minimum atomic E-state index is -4.21. The van der Waals surface area contributed by atoms with Gasteiger partial charge in [-0.05, 0) is 43.8 Å². The van der Waals surface area contributed by atoms with Crippen LogP contribution in [-0.4, -0.2) is 32.6 Å². The third kappa shape index (κ3) is 7.98. The van der Waals surface area contributed by atoms with E-state index in [1.165, 1.54) is 18.1 Å². The van der Waals surface area contributed by atoms with Gasteiger partial charge < -0.3 is 5.32 Å². The molecule has 4 rings (SSSR count). The molecular weight excluding hydrogens is 431 g/mol. The van der Waals surface area contributed by atoms with Crippen molar-refractivity contribution in [3.63, 3.8) is 0 Å². The van der Waals surface area contributed by atoms with Crippen molar-refractivity contribution in [1.29, 1.82) is 0 Å². The Morgan fingerprint density at radius 3 is 2.24 bits per heavy atom. The van der Waals surface area contributed by atoms with Crippen LogP contribution in [0.4, 0.5) is 19.0 Å². The summed E-state index contributed by atoms with van der Waals surface area (Å²) in [5, 5.41) is 7.59. The van der Waals surface area contributed by atoms with E-state index >= 15 is 0 Å². The van der Waals surface area contributed by atoms with Crippen LogP contribution in [0.2, 0.25) is 0 Å². The molecule has 0 amide bonds. The number of nitrogens with zero attached hydrogens (tertiary/aromatic N) is 4. The zero-order valence-electron chi connectivity index (χ0n) is 18.0. The Morgan fingerprint density at radius 1 is 1.09 bits per heavy atom.